The van der Waals surface area contributed by atoms with Crippen LogP contribution in [0.4, 0.5) is 26.3 Å². The Bertz CT molecular complexity index is 1990. The lowest BCUT2D eigenvalue weighted by Gasteiger charge is -2.35. The second-order valence-corrected chi connectivity index (χ2v) is 13.4. The van der Waals surface area contributed by atoms with Gasteiger partial charge in [0.05, 0.1) is 24.6 Å². The number of likely N-dealkylation sites (tertiary alicyclic amines) is 1. The van der Waals surface area contributed by atoms with Crippen molar-refractivity contribution in [3.05, 3.63) is 105 Å². The molecule has 4 bridgehead atoms. The van der Waals surface area contributed by atoms with E-state index >= 15 is 8.78 Å². The number of nitrogens with one attached hydrogen (secondary N) is 1. The van der Waals surface area contributed by atoms with Crippen LogP contribution < -0.4 is 10.1 Å². The van der Waals surface area contributed by atoms with Gasteiger partial charge in [0.15, 0.2) is 0 Å². The molecule has 0 radical (unpaired) electrons. The molecule has 0 aromatic heterocycles. The Morgan fingerprint density at radius 2 is 1.78 bits per heavy atom. The van der Waals surface area contributed by atoms with Gasteiger partial charge < -0.3 is 19.7 Å². The van der Waals surface area contributed by atoms with Crippen LogP contribution in [0.3, 0.4) is 0 Å². The SMILES string of the molecule is C/C=C(\C(=C/N(C=O)C1C(=O)N[C@@H](CC(=O)OCC)c2cc(cc(C)c2F)-c2c(C)cc(C)cc2Oc2ccc(F)c1c2)CCN1CC(F)C1)C(F)(F)F. The van der Waals surface area contributed by atoms with Crippen LogP contribution in [-0.2, 0) is 19.1 Å². The van der Waals surface area contributed by atoms with Crippen molar-refractivity contribution in [3.8, 4) is 22.6 Å². The molecule has 1 unspecified atom stereocenters. The van der Waals surface area contributed by atoms with Crippen molar-refractivity contribution in [3.63, 3.8) is 0 Å². The average Bonchev–Trinajstić information content (AvgIpc) is 3.07. The fourth-order valence-electron chi connectivity index (χ4n) is 6.92. The summed E-state index contributed by atoms with van der Waals surface area (Å²) in [6.07, 6.45) is -5.22. The molecule has 2 atom stereocenters. The quantitative estimate of drug-likeness (QED) is 0.0968. The molecule has 1 saturated heterocycles. The molecule has 1 N–H and O–H groups in total. The van der Waals surface area contributed by atoms with Crippen molar-refractivity contribution in [1.29, 1.82) is 0 Å². The van der Waals surface area contributed by atoms with E-state index in [2.05, 4.69) is 5.32 Å². The summed E-state index contributed by atoms with van der Waals surface area (Å²) < 4.78 is 100. The van der Waals surface area contributed by atoms with Crippen LogP contribution in [0.2, 0.25) is 0 Å². The molecule has 288 valence electrons. The molecule has 3 aromatic carbocycles. The van der Waals surface area contributed by atoms with E-state index in [1.54, 1.807) is 24.0 Å². The first kappa shape index (κ1) is 40.1. The smallest absolute Gasteiger partial charge is 0.416 e. The highest BCUT2D eigenvalue weighted by molar-refractivity contribution is 5.87. The Labute approximate surface area is 309 Å². The lowest BCUT2D eigenvalue weighted by atomic mass is 9.91. The molecular formula is C40H41F6N3O5. The zero-order chi connectivity index (χ0) is 39.5. The van der Waals surface area contributed by atoms with E-state index in [0.29, 0.717) is 16.0 Å². The van der Waals surface area contributed by atoms with Gasteiger partial charge in [-0.3, -0.25) is 19.3 Å². The number of amides is 2. The van der Waals surface area contributed by atoms with Crippen LogP contribution in [0, 0.1) is 32.4 Å². The van der Waals surface area contributed by atoms with Gasteiger partial charge in [0.2, 0.25) is 12.3 Å². The third-order valence-corrected chi connectivity index (χ3v) is 9.40. The molecule has 3 aromatic rings. The minimum Gasteiger partial charge on any atom is -0.466 e. The van der Waals surface area contributed by atoms with Gasteiger partial charge in [0.1, 0.15) is 35.3 Å². The van der Waals surface area contributed by atoms with Crippen molar-refractivity contribution in [2.75, 3.05) is 26.2 Å². The Hall–Kier alpha value is -5.11. The number of alkyl halides is 4. The van der Waals surface area contributed by atoms with Crippen LogP contribution in [0.25, 0.3) is 11.1 Å². The number of halogens is 6. The molecular weight excluding hydrogens is 716 g/mol. The zero-order valence-electron chi connectivity index (χ0n) is 30.5. The van der Waals surface area contributed by atoms with E-state index in [9.17, 15) is 31.9 Å². The van der Waals surface area contributed by atoms with Crippen LogP contribution in [0.15, 0.2) is 65.9 Å². The van der Waals surface area contributed by atoms with E-state index in [1.807, 2.05) is 19.9 Å². The molecule has 2 aliphatic rings. The number of hydrogen-bond acceptors (Lipinski definition) is 6. The lowest BCUT2D eigenvalue weighted by Crippen LogP contribution is -2.48. The van der Waals surface area contributed by atoms with Gasteiger partial charge in [-0.05, 0) is 105 Å². The van der Waals surface area contributed by atoms with Crippen molar-refractivity contribution >= 4 is 18.3 Å². The highest BCUT2D eigenvalue weighted by Crippen LogP contribution is 2.42. The second-order valence-electron chi connectivity index (χ2n) is 13.4. The summed E-state index contributed by atoms with van der Waals surface area (Å²) in [4.78, 5) is 42.5. The normalized spacial score (nSPS) is 18.2. The second kappa shape index (κ2) is 16.5. The average molecular weight is 758 g/mol. The first-order valence-electron chi connectivity index (χ1n) is 17.4. The van der Waals surface area contributed by atoms with Gasteiger partial charge in [-0.1, -0.05) is 12.1 Å². The number of ether oxygens (including phenoxy) is 2. The largest absolute Gasteiger partial charge is 0.466 e. The predicted octanol–water partition coefficient (Wildman–Crippen LogP) is 8.41. The minimum atomic E-state index is -4.90. The maximum atomic E-state index is 16.2. The maximum absolute atomic E-state index is 16.2. The van der Waals surface area contributed by atoms with Gasteiger partial charge in [-0.25, -0.2) is 13.2 Å². The molecule has 0 saturated carbocycles. The summed E-state index contributed by atoms with van der Waals surface area (Å²) in [7, 11) is 0. The minimum absolute atomic E-state index is 0.00422. The number of allylic oxidation sites excluding steroid dienone is 2. The van der Waals surface area contributed by atoms with Gasteiger partial charge >= 0.3 is 12.1 Å². The van der Waals surface area contributed by atoms with E-state index in [-0.39, 0.29) is 61.7 Å². The molecule has 0 spiro atoms. The first-order chi connectivity index (χ1) is 25.5. The third kappa shape index (κ3) is 8.81. The van der Waals surface area contributed by atoms with Crippen LogP contribution in [0.5, 0.6) is 11.5 Å². The number of carbonyl (C=O) groups is 3. The predicted molar refractivity (Wildman–Crippen MR) is 189 cm³/mol. The molecule has 0 aliphatic carbocycles. The zero-order valence-corrected chi connectivity index (χ0v) is 30.5. The summed E-state index contributed by atoms with van der Waals surface area (Å²) in [5.41, 5.74) is 0.558. The Morgan fingerprint density at radius 1 is 1.06 bits per heavy atom. The van der Waals surface area contributed by atoms with E-state index in [1.165, 1.54) is 19.1 Å². The van der Waals surface area contributed by atoms with Crippen molar-refractivity contribution in [1.82, 2.24) is 15.1 Å². The molecule has 1 fully saturated rings. The fraction of sp³-hybridized carbons (Fsp3) is 0.375. The highest BCUT2D eigenvalue weighted by atomic mass is 19.4. The maximum Gasteiger partial charge on any atom is 0.416 e. The van der Waals surface area contributed by atoms with Crippen molar-refractivity contribution in [2.24, 2.45) is 0 Å². The Morgan fingerprint density at radius 3 is 2.41 bits per heavy atom. The summed E-state index contributed by atoms with van der Waals surface area (Å²) >= 11 is 0. The summed E-state index contributed by atoms with van der Waals surface area (Å²) in [5.74, 6) is -3.42. The number of fused-ring (bicyclic) bond motifs is 6. The molecule has 54 heavy (non-hydrogen) atoms. The number of aryl methyl sites for hydroxylation is 3. The number of carbonyl (C=O) groups excluding carboxylic acids is 3. The van der Waals surface area contributed by atoms with Gasteiger partial charge in [-0.15, -0.1) is 0 Å². The molecule has 2 amide bonds. The first-order valence-corrected chi connectivity index (χ1v) is 17.4. The van der Waals surface area contributed by atoms with Gasteiger partial charge in [0, 0.05) is 42.5 Å². The fourth-order valence-corrected chi connectivity index (χ4v) is 6.92. The number of esters is 1. The van der Waals surface area contributed by atoms with Crippen LogP contribution in [-0.4, -0.2) is 66.7 Å². The summed E-state index contributed by atoms with van der Waals surface area (Å²) in [6.45, 7) is 7.86. The number of benzene rings is 3. The highest BCUT2D eigenvalue weighted by Gasteiger charge is 2.38. The molecule has 2 heterocycles. The van der Waals surface area contributed by atoms with Gasteiger partial charge in [-0.2, -0.15) is 13.2 Å². The van der Waals surface area contributed by atoms with E-state index in [0.717, 1.165) is 42.5 Å². The Kier molecular flexibility index (Phi) is 12.2. The van der Waals surface area contributed by atoms with Crippen molar-refractivity contribution < 1.29 is 50.2 Å². The van der Waals surface area contributed by atoms with Gasteiger partial charge in [0.25, 0.3) is 0 Å². The topological polar surface area (TPSA) is 88.2 Å². The van der Waals surface area contributed by atoms with E-state index < -0.39 is 71.1 Å². The molecule has 2 aliphatic heterocycles. The van der Waals surface area contributed by atoms with E-state index in [4.69, 9.17) is 9.47 Å². The summed E-state index contributed by atoms with van der Waals surface area (Å²) in [6, 6.07) is 6.63. The van der Waals surface area contributed by atoms with Crippen LogP contribution >= 0.6 is 0 Å². The lowest BCUT2D eigenvalue weighted by molar-refractivity contribution is -0.144. The summed E-state index contributed by atoms with van der Waals surface area (Å²) in [5, 5.41) is 2.59. The van der Waals surface area contributed by atoms with Crippen molar-refractivity contribution in [2.45, 2.75) is 71.9 Å². The standard InChI is InChI=1S/C40H41F6N3O5/c1-6-31(40(44,45)46)25(10-11-48-19-27(41)20-48)18-49(21-50)38-29-16-28(8-9-32(29)42)54-34-13-22(3)12-23(4)36(34)26-14-24(5)37(43)30(15-26)33(47-39(38)52)17-35(51)53-7-2/h6,8-9,12-16,18,21,27,33,38H,7,10-11,17,19-20H2,1-5H3,(H,47,52)/b25-18-,31-6+/t33-,38?/m0/s1. The number of hydrogen-bond donors (Lipinski definition) is 1. The molecule has 8 nitrogen and oxygen atoms in total. The number of rotatable bonds is 10. The number of nitrogens with zero attached hydrogens (tertiary/aromatic N) is 2. The van der Waals surface area contributed by atoms with Crippen LogP contribution in [0.1, 0.15) is 66.6 Å². The molecule has 5 rings (SSSR count). The monoisotopic (exact) mass is 757 g/mol. The molecule has 14 heteroatoms. The Balaban J connectivity index is 1.75. The third-order valence-electron chi connectivity index (χ3n) is 9.40.